The number of nitrogens with zero attached hydrogens (tertiary/aromatic N) is 3. The molecule has 3 aromatic carbocycles. The van der Waals surface area contributed by atoms with Crippen molar-refractivity contribution in [2.45, 2.75) is 38.0 Å². The quantitative estimate of drug-likeness (QED) is 0.436. The molecule has 2 heterocycles. The molecule has 5 rings (SSSR count). The van der Waals surface area contributed by atoms with Crippen LogP contribution in [0.1, 0.15) is 30.0 Å². The van der Waals surface area contributed by atoms with Gasteiger partial charge in [0.25, 0.3) is 5.91 Å². The van der Waals surface area contributed by atoms with Gasteiger partial charge in [-0.3, -0.25) is 14.6 Å². The Hall–Kier alpha value is -3.42. The number of carbonyl (C=O) groups excluding carboxylic acids is 2. The molecule has 0 aliphatic carbocycles. The molecule has 2 amide bonds. The average Bonchev–Trinajstić information content (AvgIpc) is 3.21. The molecule has 0 fully saturated rings. The van der Waals surface area contributed by atoms with Gasteiger partial charge in [-0.2, -0.15) is 0 Å². The largest absolute Gasteiger partial charge is 0.325 e. The van der Waals surface area contributed by atoms with E-state index in [4.69, 9.17) is 21.6 Å². The molecule has 182 valence electrons. The van der Waals surface area contributed by atoms with Crippen LogP contribution in [0.3, 0.4) is 0 Å². The van der Waals surface area contributed by atoms with Crippen LogP contribution in [-0.4, -0.2) is 39.0 Å². The first-order chi connectivity index (χ1) is 17.4. The lowest BCUT2D eigenvalue weighted by atomic mass is 10.1. The van der Waals surface area contributed by atoms with Crippen LogP contribution < -0.4 is 5.32 Å². The topological polar surface area (TPSA) is 74.1 Å². The number of amidine groups is 2. The fourth-order valence-electron chi connectivity index (χ4n) is 4.19. The van der Waals surface area contributed by atoms with Crippen LogP contribution in [0.25, 0.3) is 0 Å². The second-order valence-electron chi connectivity index (χ2n) is 8.71. The van der Waals surface area contributed by atoms with E-state index < -0.39 is 11.3 Å². The fraction of sp³-hybridized carbons (Fsp3) is 0.214. The van der Waals surface area contributed by atoms with Gasteiger partial charge in [0, 0.05) is 22.7 Å². The van der Waals surface area contributed by atoms with Gasteiger partial charge in [-0.1, -0.05) is 78.8 Å². The third-order valence-corrected chi connectivity index (χ3v) is 7.89. The SMILES string of the molecule is CC[C@H](SC1=Nc2ccccc2C2=N[C@H](Cc3ccccc3)C(=O)N12)C(=O)Nc1ccc(C)c(Cl)c1. The van der Waals surface area contributed by atoms with Gasteiger partial charge in [-0.05, 0) is 48.7 Å². The molecule has 0 spiro atoms. The molecule has 0 aromatic heterocycles. The fourth-order valence-corrected chi connectivity index (χ4v) is 5.39. The maximum absolute atomic E-state index is 13.6. The molecule has 2 atom stereocenters. The van der Waals surface area contributed by atoms with E-state index in [1.165, 1.54) is 11.8 Å². The summed E-state index contributed by atoms with van der Waals surface area (Å²) in [4.78, 5) is 37.9. The van der Waals surface area contributed by atoms with Crippen molar-refractivity contribution in [3.05, 3.63) is 94.5 Å². The van der Waals surface area contributed by atoms with Gasteiger partial charge >= 0.3 is 0 Å². The summed E-state index contributed by atoms with van der Waals surface area (Å²) in [5, 5.41) is 3.55. The Bertz CT molecular complexity index is 1390. The first kappa shape index (κ1) is 24.3. The maximum Gasteiger partial charge on any atom is 0.259 e. The smallest absolute Gasteiger partial charge is 0.259 e. The molecule has 0 unspecified atom stereocenters. The summed E-state index contributed by atoms with van der Waals surface area (Å²) < 4.78 is 0. The minimum Gasteiger partial charge on any atom is -0.325 e. The number of rotatable bonds is 6. The van der Waals surface area contributed by atoms with Crippen molar-refractivity contribution in [3.63, 3.8) is 0 Å². The lowest BCUT2D eigenvalue weighted by molar-refractivity contribution is -0.124. The highest BCUT2D eigenvalue weighted by Crippen LogP contribution is 2.36. The molecule has 3 aromatic rings. The highest BCUT2D eigenvalue weighted by Gasteiger charge is 2.42. The number of carbonyl (C=O) groups is 2. The van der Waals surface area contributed by atoms with Gasteiger partial charge in [-0.15, -0.1) is 0 Å². The molecule has 0 saturated heterocycles. The Labute approximate surface area is 219 Å². The normalized spacial score (nSPS) is 17.1. The minimum atomic E-state index is -0.539. The number of benzene rings is 3. The van der Waals surface area contributed by atoms with E-state index >= 15 is 0 Å². The zero-order valence-electron chi connectivity index (χ0n) is 19.9. The van der Waals surface area contributed by atoms with Crippen LogP contribution in [-0.2, 0) is 16.0 Å². The number of aliphatic imine (C=N–C) groups is 2. The molecule has 0 saturated carbocycles. The average molecular weight is 517 g/mol. The number of halogens is 1. The zero-order valence-corrected chi connectivity index (χ0v) is 21.5. The van der Waals surface area contributed by atoms with E-state index in [1.807, 2.05) is 80.6 Å². The Morgan fingerprint density at radius 1 is 1.11 bits per heavy atom. The second kappa shape index (κ2) is 10.3. The second-order valence-corrected chi connectivity index (χ2v) is 10.3. The van der Waals surface area contributed by atoms with Crippen molar-refractivity contribution in [1.29, 1.82) is 0 Å². The predicted molar refractivity (Wildman–Crippen MR) is 147 cm³/mol. The number of para-hydroxylation sites is 1. The van der Waals surface area contributed by atoms with Crippen molar-refractivity contribution < 1.29 is 9.59 Å². The third-order valence-electron chi connectivity index (χ3n) is 6.17. The number of aryl methyl sites for hydroxylation is 1. The summed E-state index contributed by atoms with van der Waals surface area (Å²) in [6.07, 6.45) is 1.06. The molecule has 2 aliphatic heterocycles. The highest BCUT2D eigenvalue weighted by atomic mass is 35.5. The number of fused-ring (bicyclic) bond motifs is 3. The van der Waals surface area contributed by atoms with Crippen LogP contribution >= 0.6 is 23.4 Å². The monoisotopic (exact) mass is 516 g/mol. The predicted octanol–water partition coefficient (Wildman–Crippen LogP) is 6.00. The van der Waals surface area contributed by atoms with Crippen molar-refractivity contribution in [3.8, 4) is 0 Å². The first-order valence-electron chi connectivity index (χ1n) is 11.8. The number of hydrogen-bond donors (Lipinski definition) is 1. The number of anilines is 1. The van der Waals surface area contributed by atoms with Gasteiger partial charge < -0.3 is 5.32 Å². The van der Waals surface area contributed by atoms with E-state index in [0.29, 0.717) is 34.6 Å². The Morgan fingerprint density at radius 2 is 1.86 bits per heavy atom. The van der Waals surface area contributed by atoms with Crippen molar-refractivity contribution >= 4 is 57.6 Å². The number of hydrogen-bond acceptors (Lipinski definition) is 5. The van der Waals surface area contributed by atoms with E-state index in [9.17, 15) is 9.59 Å². The van der Waals surface area contributed by atoms with Crippen LogP contribution in [0.5, 0.6) is 0 Å². The lowest BCUT2D eigenvalue weighted by Gasteiger charge is -2.27. The molecule has 1 N–H and O–H groups in total. The van der Waals surface area contributed by atoms with E-state index in [2.05, 4.69) is 5.32 Å². The summed E-state index contributed by atoms with van der Waals surface area (Å²) in [6.45, 7) is 3.85. The molecule has 6 nitrogen and oxygen atoms in total. The summed E-state index contributed by atoms with van der Waals surface area (Å²) in [5.41, 5.74) is 4.17. The minimum absolute atomic E-state index is 0.129. The zero-order chi connectivity index (χ0) is 25.2. The van der Waals surface area contributed by atoms with Gasteiger partial charge in [0.15, 0.2) is 5.17 Å². The summed E-state index contributed by atoms with van der Waals surface area (Å²) in [6, 6.07) is 22.4. The molecule has 8 heteroatoms. The Kier molecular flexibility index (Phi) is 6.94. The van der Waals surface area contributed by atoms with E-state index in [1.54, 1.807) is 11.0 Å². The highest BCUT2D eigenvalue weighted by molar-refractivity contribution is 8.15. The molecular formula is C28H25ClN4O2S. The molecule has 36 heavy (non-hydrogen) atoms. The van der Waals surface area contributed by atoms with Gasteiger partial charge in [-0.25, -0.2) is 9.89 Å². The lowest BCUT2D eigenvalue weighted by Crippen LogP contribution is -2.42. The van der Waals surface area contributed by atoms with Crippen molar-refractivity contribution in [2.24, 2.45) is 9.98 Å². The van der Waals surface area contributed by atoms with E-state index in [0.717, 1.165) is 22.4 Å². The molecular weight excluding hydrogens is 492 g/mol. The van der Waals surface area contributed by atoms with Crippen LogP contribution in [0.4, 0.5) is 11.4 Å². The maximum atomic E-state index is 13.6. The van der Waals surface area contributed by atoms with Gasteiger partial charge in [0.05, 0.1) is 10.9 Å². The van der Waals surface area contributed by atoms with Gasteiger partial charge in [0.2, 0.25) is 5.91 Å². The number of nitrogens with one attached hydrogen (secondary N) is 1. The summed E-state index contributed by atoms with van der Waals surface area (Å²) in [7, 11) is 0. The van der Waals surface area contributed by atoms with Crippen LogP contribution in [0.2, 0.25) is 5.02 Å². The molecule has 2 aliphatic rings. The van der Waals surface area contributed by atoms with Crippen LogP contribution in [0, 0.1) is 6.92 Å². The van der Waals surface area contributed by atoms with Crippen molar-refractivity contribution in [1.82, 2.24) is 4.90 Å². The summed E-state index contributed by atoms with van der Waals surface area (Å²) >= 11 is 7.51. The first-order valence-corrected chi connectivity index (χ1v) is 13.1. The third kappa shape index (κ3) is 4.81. The summed E-state index contributed by atoms with van der Waals surface area (Å²) in [5.74, 6) is 0.291. The van der Waals surface area contributed by atoms with E-state index in [-0.39, 0.29) is 11.8 Å². The van der Waals surface area contributed by atoms with Crippen molar-refractivity contribution in [2.75, 3.05) is 5.32 Å². The number of amides is 2. The number of thioether (sulfide) groups is 1. The molecule has 0 bridgehead atoms. The standard InChI is InChI=1S/C28H25ClN4O2S/c1-3-24(26(34)30-19-14-13-17(2)21(29)16-19)36-28-32-22-12-8-7-11-20(22)25-31-23(27(35)33(25)28)15-18-9-5-4-6-10-18/h4-14,16,23-24H,3,15H2,1-2H3,(H,30,34)/t23-,24+/m1/s1. The van der Waals surface area contributed by atoms with Crippen LogP contribution in [0.15, 0.2) is 82.8 Å². The van der Waals surface area contributed by atoms with Gasteiger partial charge in [0.1, 0.15) is 11.9 Å². The Balaban J connectivity index is 1.41. The Morgan fingerprint density at radius 3 is 2.61 bits per heavy atom. The molecule has 0 radical (unpaired) electrons.